The van der Waals surface area contributed by atoms with Gasteiger partial charge < -0.3 is 29.6 Å². The molecule has 0 bridgehead atoms. The number of hydrogen-bond acceptors (Lipinski definition) is 5. The van der Waals surface area contributed by atoms with Gasteiger partial charge in [0.2, 0.25) is 0 Å². The third-order valence-electron chi connectivity index (χ3n) is 4.22. The number of nitrogens with one attached hydrogen (secondary N) is 2. The third-order valence-corrected chi connectivity index (χ3v) is 4.22. The number of anilines is 1. The fourth-order valence-corrected chi connectivity index (χ4v) is 2.84. The Balaban J connectivity index is 1.64. The molecule has 0 saturated heterocycles. The van der Waals surface area contributed by atoms with Gasteiger partial charge in [0, 0.05) is 31.8 Å². The average molecular weight is 385 g/mol. The number of fused-ring (bicyclic) bond motifs is 1. The minimum absolute atomic E-state index is 0.566. The Bertz CT molecular complexity index is 823. The van der Waals surface area contributed by atoms with E-state index in [1.54, 1.807) is 14.2 Å². The highest BCUT2D eigenvalue weighted by molar-refractivity contribution is 5.93. The van der Waals surface area contributed by atoms with Crippen molar-refractivity contribution in [2.45, 2.75) is 19.9 Å². The maximum Gasteiger partial charge on any atom is 0.195 e. The molecule has 150 valence electrons. The van der Waals surface area contributed by atoms with Crippen LogP contribution in [0.3, 0.4) is 0 Å². The minimum atomic E-state index is 0.566. The predicted octanol–water partition coefficient (Wildman–Crippen LogP) is 3.44. The average Bonchev–Trinajstić information content (AvgIpc) is 2.96. The van der Waals surface area contributed by atoms with Gasteiger partial charge in [-0.1, -0.05) is 6.07 Å². The van der Waals surface area contributed by atoms with Crippen molar-refractivity contribution in [2.24, 2.45) is 4.99 Å². The first-order valence-electron chi connectivity index (χ1n) is 9.40. The lowest BCUT2D eigenvalue weighted by Gasteiger charge is -2.15. The molecule has 0 unspecified atom stereocenters. The lowest BCUT2D eigenvalue weighted by Crippen LogP contribution is -2.30. The van der Waals surface area contributed by atoms with Crippen molar-refractivity contribution >= 4 is 11.6 Å². The number of guanidine groups is 1. The van der Waals surface area contributed by atoms with E-state index in [2.05, 4.69) is 15.6 Å². The molecular weight excluding hydrogens is 358 g/mol. The Morgan fingerprint density at radius 2 is 1.89 bits per heavy atom. The van der Waals surface area contributed by atoms with Crippen molar-refractivity contribution in [1.29, 1.82) is 0 Å². The second-order valence-electron chi connectivity index (χ2n) is 6.18. The van der Waals surface area contributed by atoms with Crippen LogP contribution in [0.4, 0.5) is 5.69 Å². The second-order valence-corrected chi connectivity index (χ2v) is 6.18. The van der Waals surface area contributed by atoms with Crippen molar-refractivity contribution in [1.82, 2.24) is 5.32 Å². The van der Waals surface area contributed by atoms with Crippen LogP contribution in [-0.4, -0.2) is 39.9 Å². The molecule has 0 aromatic heterocycles. The van der Waals surface area contributed by atoms with Crippen molar-refractivity contribution in [3.05, 3.63) is 42.0 Å². The molecule has 2 aromatic rings. The lowest BCUT2D eigenvalue weighted by molar-refractivity contribution is 0.297. The molecule has 0 atom stereocenters. The molecular formula is C21H27N3O4. The summed E-state index contributed by atoms with van der Waals surface area (Å²) in [5, 5.41) is 6.58. The summed E-state index contributed by atoms with van der Waals surface area (Å²) >= 11 is 0. The van der Waals surface area contributed by atoms with E-state index in [0.717, 1.165) is 29.2 Å². The van der Waals surface area contributed by atoms with Crippen molar-refractivity contribution < 1.29 is 18.9 Å². The largest absolute Gasteiger partial charge is 0.493 e. The van der Waals surface area contributed by atoms with Gasteiger partial charge in [-0.25, -0.2) is 0 Å². The summed E-state index contributed by atoms with van der Waals surface area (Å²) in [6.07, 6.45) is 0.893. The van der Waals surface area contributed by atoms with Crippen LogP contribution in [0.25, 0.3) is 0 Å². The van der Waals surface area contributed by atoms with E-state index in [4.69, 9.17) is 18.9 Å². The molecule has 0 spiro atoms. The Hall–Kier alpha value is -3.09. The zero-order valence-corrected chi connectivity index (χ0v) is 16.6. The first kappa shape index (κ1) is 19.7. The molecule has 2 aromatic carbocycles. The number of benzene rings is 2. The molecule has 7 heteroatoms. The summed E-state index contributed by atoms with van der Waals surface area (Å²) in [5.41, 5.74) is 1.94. The molecule has 0 saturated carbocycles. The summed E-state index contributed by atoms with van der Waals surface area (Å²) in [4.78, 5) is 4.29. The van der Waals surface area contributed by atoms with Crippen molar-refractivity contribution in [3.63, 3.8) is 0 Å². The predicted molar refractivity (Wildman–Crippen MR) is 110 cm³/mol. The van der Waals surface area contributed by atoms with Gasteiger partial charge in [0.1, 0.15) is 0 Å². The van der Waals surface area contributed by atoms with Gasteiger partial charge in [-0.2, -0.15) is 0 Å². The van der Waals surface area contributed by atoms with Crippen molar-refractivity contribution in [3.8, 4) is 23.0 Å². The third kappa shape index (κ3) is 5.00. The van der Waals surface area contributed by atoms with Gasteiger partial charge in [0.25, 0.3) is 0 Å². The molecule has 28 heavy (non-hydrogen) atoms. The van der Waals surface area contributed by atoms with Gasteiger partial charge in [0.15, 0.2) is 29.0 Å². The topological polar surface area (TPSA) is 73.3 Å². The van der Waals surface area contributed by atoms with E-state index in [1.165, 1.54) is 0 Å². The molecule has 0 aliphatic carbocycles. The van der Waals surface area contributed by atoms with Crippen LogP contribution in [0.2, 0.25) is 0 Å². The molecule has 3 rings (SSSR count). The maximum absolute atomic E-state index is 5.75. The standard InChI is InChI=1S/C21H27N3O4/c1-4-26-20-13-16(7-9-17(20)25-3)24-21(22-2)23-14-15-6-8-18-19(12-15)28-11-5-10-27-18/h6-9,12-13H,4-5,10-11,14H2,1-3H3,(H2,22,23,24). The van der Waals surface area contributed by atoms with Crippen LogP contribution in [0.15, 0.2) is 41.4 Å². The minimum Gasteiger partial charge on any atom is -0.493 e. The molecule has 1 heterocycles. The summed E-state index contributed by atoms with van der Waals surface area (Å²) in [6, 6.07) is 11.6. The molecule has 0 amide bonds. The van der Waals surface area contributed by atoms with E-state index in [1.807, 2.05) is 43.3 Å². The van der Waals surface area contributed by atoms with Crippen molar-refractivity contribution in [2.75, 3.05) is 39.3 Å². The fraction of sp³-hybridized carbons (Fsp3) is 0.381. The first-order valence-corrected chi connectivity index (χ1v) is 9.40. The number of ether oxygens (including phenoxy) is 4. The Morgan fingerprint density at radius 3 is 2.64 bits per heavy atom. The number of hydrogen-bond donors (Lipinski definition) is 2. The first-order chi connectivity index (χ1) is 13.7. The highest BCUT2D eigenvalue weighted by Gasteiger charge is 2.11. The van der Waals surface area contributed by atoms with Crippen LogP contribution in [0, 0.1) is 0 Å². The van der Waals surface area contributed by atoms with Crippen LogP contribution in [-0.2, 0) is 6.54 Å². The number of aliphatic imine (C=N–C) groups is 1. The van der Waals surface area contributed by atoms with E-state index < -0.39 is 0 Å². The maximum atomic E-state index is 5.75. The number of rotatable bonds is 6. The van der Waals surface area contributed by atoms with E-state index in [9.17, 15) is 0 Å². The molecule has 7 nitrogen and oxygen atoms in total. The Labute approximate surface area is 165 Å². The molecule has 0 fully saturated rings. The second kappa shape index (κ2) is 9.73. The van der Waals surface area contributed by atoms with Crippen LogP contribution in [0.5, 0.6) is 23.0 Å². The highest BCUT2D eigenvalue weighted by Crippen LogP contribution is 2.31. The Morgan fingerprint density at radius 1 is 1.07 bits per heavy atom. The van der Waals surface area contributed by atoms with Gasteiger partial charge in [0.05, 0.1) is 26.9 Å². The van der Waals surface area contributed by atoms with Gasteiger partial charge in [-0.05, 0) is 36.8 Å². The summed E-state index contributed by atoms with van der Waals surface area (Å²) in [5.74, 6) is 3.62. The monoisotopic (exact) mass is 385 g/mol. The SMILES string of the molecule is CCOc1cc(NC(=NC)NCc2ccc3c(c2)OCCCO3)ccc1OC. The number of methoxy groups -OCH3 is 1. The lowest BCUT2D eigenvalue weighted by atomic mass is 10.2. The summed E-state index contributed by atoms with van der Waals surface area (Å²) in [6.45, 7) is 4.47. The number of nitrogens with zero attached hydrogens (tertiary/aromatic N) is 1. The van der Waals surface area contributed by atoms with Crippen LogP contribution in [0.1, 0.15) is 18.9 Å². The van der Waals surface area contributed by atoms with Crippen LogP contribution >= 0.6 is 0 Å². The molecule has 1 aliphatic heterocycles. The normalized spacial score (nSPS) is 13.5. The molecule has 1 aliphatic rings. The molecule has 2 N–H and O–H groups in total. The summed E-state index contributed by atoms with van der Waals surface area (Å²) in [7, 11) is 3.36. The summed E-state index contributed by atoms with van der Waals surface area (Å²) < 4.78 is 22.4. The molecule has 0 radical (unpaired) electrons. The fourth-order valence-electron chi connectivity index (χ4n) is 2.84. The zero-order chi connectivity index (χ0) is 19.8. The van der Waals surface area contributed by atoms with E-state index in [-0.39, 0.29) is 0 Å². The van der Waals surface area contributed by atoms with E-state index in [0.29, 0.717) is 43.8 Å². The van der Waals surface area contributed by atoms with E-state index >= 15 is 0 Å². The van der Waals surface area contributed by atoms with Crippen LogP contribution < -0.4 is 29.6 Å². The zero-order valence-electron chi connectivity index (χ0n) is 16.6. The quantitative estimate of drug-likeness (QED) is 0.586. The highest BCUT2D eigenvalue weighted by atomic mass is 16.5. The Kier molecular flexibility index (Phi) is 6.84. The van der Waals surface area contributed by atoms with Gasteiger partial charge in [-0.15, -0.1) is 0 Å². The smallest absolute Gasteiger partial charge is 0.195 e. The van der Waals surface area contributed by atoms with Gasteiger partial charge >= 0.3 is 0 Å². The van der Waals surface area contributed by atoms with Gasteiger partial charge in [-0.3, -0.25) is 4.99 Å².